The maximum atomic E-state index is 15.4. The molecule has 7 unspecified atom stereocenters. The maximum Gasteiger partial charge on any atom is 0.255 e. The van der Waals surface area contributed by atoms with Crippen LogP contribution in [0, 0.1) is 11.8 Å². The highest BCUT2D eigenvalue weighted by Gasteiger charge is 2.70. The van der Waals surface area contributed by atoms with Crippen LogP contribution in [0.3, 0.4) is 0 Å². The number of carbonyl (C=O) groups is 3. The number of allylic oxidation sites excluding steroid dienone is 2. The number of methoxy groups -OCH3 is 2. The molecule has 6 heterocycles. The molecule has 3 saturated heterocycles. The summed E-state index contributed by atoms with van der Waals surface area (Å²) in [5, 5.41) is 42.9. The summed E-state index contributed by atoms with van der Waals surface area (Å²) in [7, 11) is 2.88. The van der Waals surface area contributed by atoms with E-state index in [2.05, 4.69) is 15.5 Å². The molecule has 0 bridgehead atoms. The lowest BCUT2D eigenvalue weighted by atomic mass is 9.69. The highest BCUT2D eigenvalue weighted by molar-refractivity contribution is 8.02. The van der Waals surface area contributed by atoms with Gasteiger partial charge in [-0.15, -0.1) is 23.5 Å². The maximum absolute atomic E-state index is 15.4. The summed E-state index contributed by atoms with van der Waals surface area (Å²) in [5.41, 5.74) is 1.06. The van der Waals surface area contributed by atoms with Gasteiger partial charge in [0.2, 0.25) is 5.91 Å². The number of ketones is 1. The van der Waals surface area contributed by atoms with Crippen molar-refractivity contribution in [3.63, 3.8) is 0 Å². The van der Waals surface area contributed by atoms with Crippen molar-refractivity contribution in [2.75, 3.05) is 43.0 Å². The third kappa shape index (κ3) is 5.19. The van der Waals surface area contributed by atoms with Crippen molar-refractivity contribution in [3.8, 4) is 23.0 Å². The number of rotatable bonds is 7. The molecule has 302 valence electrons. The van der Waals surface area contributed by atoms with Crippen molar-refractivity contribution >= 4 is 75.7 Å². The summed E-state index contributed by atoms with van der Waals surface area (Å²) in [6.07, 6.45) is 1.22. The van der Waals surface area contributed by atoms with Crippen LogP contribution in [0.5, 0.6) is 23.0 Å². The van der Waals surface area contributed by atoms with E-state index in [1.165, 1.54) is 38.1 Å². The minimum atomic E-state index is -1.49. The van der Waals surface area contributed by atoms with Crippen LogP contribution in [0.1, 0.15) is 34.1 Å². The molecule has 6 aliphatic rings. The number of hydrogen-bond acceptors (Lipinski definition) is 12. The number of hydrogen-bond donors (Lipinski definition) is 5. The van der Waals surface area contributed by atoms with Crippen LogP contribution >= 0.6 is 46.7 Å². The molecule has 2 amide bonds. The number of aliphatic hydroxyl groups excluding tert-OH is 1. The van der Waals surface area contributed by atoms with Crippen LogP contribution in [-0.2, 0) is 25.5 Å². The van der Waals surface area contributed by atoms with Gasteiger partial charge >= 0.3 is 0 Å². The van der Waals surface area contributed by atoms with Crippen molar-refractivity contribution < 1.29 is 39.2 Å². The monoisotopic (exact) mass is 870 g/mol. The number of fused-ring (bicyclic) bond motifs is 8. The van der Waals surface area contributed by atoms with Gasteiger partial charge in [0.05, 0.1) is 37.3 Å². The average molecular weight is 872 g/mol. The molecule has 4 aromatic rings. The van der Waals surface area contributed by atoms with Gasteiger partial charge in [-0.3, -0.25) is 19.3 Å². The van der Waals surface area contributed by atoms with Gasteiger partial charge < -0.3 is 40.3 Å². The van der Waals surface area contributed by atoms with E-state index in [1.54, 1.807) is 72.4 Å². The molecule has 0 radical (unpaired) electrons. The van der Waals surface area contributed by atoms with Gasteiger partial charge in [-0.1, -0.05) is 35.3 Å². The lowest BCUT2D eigenvalue weighted by molar-refractivity contribution is -0.128. The van der Waals surface area contributed by atoms with E-state index in [0.29, 0.717) is 67.5 Å². The molecule has 59 heavy (non-hydrogen) atoms. The Morgan fingerprint density at radius 2 is 1.51 bits per heavy atom. The first-order valence-corrected chi connectivity index (χ1v) is 21.7. The van der Waals surface area contributed by atoms with Crippen molar-refractivity contribution in [1.29, 1.82) is 0 Å². The van der Waals surface area contributed by atoms with E-state index in [0.717, 1.165) is 0 Å². The number of aliphatic hydroxyl groups is 1. The summed E-state index contributed by atoms with van der Waals surface area (Å²) < 4.78 is 10.9. The molecule has 2 spiro atoms. The zero-order chi connectivity index (χ0) is 41.1. The van der Waals surface area contributed by atoms with Gasteiger partial charge in [-0.25, -0.2) is 0 Å². The second-order valence-electron chi connectivity index (χ2n) is 15.3. The van der Waals surface area contributed by atoms with Crippen LogP contribution in [0.25, 0.3) is 0 Å². The Morgan fingerprint density at radius 1 is 0.847 bits per heavy atom. The molecule has 0 aromatic heterocycles. The summed E-state index contributed by atoms with van der Waals surface area (Å²) in [6, 6.07) is 20.1. The van der Waals surface area contributed by atoms with E-state index < -0.39 is 40.5 Å². The molecule has 7 atom stereocenters. The Kier molecular flexibility index (Phi) is 8.93. The number of thioether (sulfide) groups is 2. The first-order valence-electron chi connectivity index (χ1n) is 18.8. The van der Waals surface area contributed by atoms with Crippen LogP contribution in [0.2, 0.25) is 10.0 Å². The fourth-order valence-electron chi connectivity index (χ4n) is 10.6. The largest absolute Gasteiger partial charge is 0.512 e. The van der Waals surface area contributed by atoms with Crippen molar-refractivity contribution in [2.45, 2.75) is 28.3 Å². The number of nitrogens with one attached hydrogen (secondary N) is 2. The molecular formula is C43H36Cl2N4O8S2. The van der Waals surface area contributed by atoms with Gasteiger partial charge in [0.1, 0.15) is 11.3 Å². The number of benzene rings is 4. The zero-order valence-corrected chi connectivity index (χ0v) is 34.6. The highest BCUT2D eigenvalue weighted by atomic mass is 35.5. The fourth-order valence-corrected chi connectivity index (χ4v) is 13.5. The van der Waals surface area contributed by atoms with Crippen molar-refractivity contribution in [2.24, 2.45) is 11.8 Å². The Bertz CT molecular complexity index is 2590. The summed E-state index contributed by atoms with van der Waals surface area (Å²) >= 11 is 16.3. The van der Waals surface area contributed by atoms with Gasteiger partial charge in [-0.05, 0) is 77.2 Å². The minimum Gasteiger partial charge on any atom is -0.512 e. The number of phenols is 2. The highest BCUT2D eigenvalue weighted by Crippen LogP contribution is 2.66. The molecule has 3 fully saturated rings. The third-order valence-electron chi connectivity index (χ3n) is 12.8. The van der Waals surface area contributed by atoms with E-state index in [1.807, 2.05) is 16.4 Å². The molecule has 6 aliphatic heterocycles. The van der Waals surface area contributed by atoms with Crippen molar-refractivity contribution in [3.05, 3.63) is 128 Å². The molecule has 4 aromatic carbocycles. The predicted molar refractivity (Wildman–Crippen MR) is 226 cm³/mol. The second kappa shape index (κ2) is 13.8. The summed E-state index contributed by atoms with van der Waals surface area (Å²) in [6.45, 7) is 0.497. The number of ether oxygens (including phenoxy) is 2. The number of anilines is 2. The Morgan fingerprint density at radius 3 is 2.19 bits per heavy atom. The molecule has 16 heteroatoms. The van der Waals surface area contributed by atoms with Crippen LogP contribution < -0.4 is 20.1 Å². The first kappa shape index (κ1) is 38.2. The summed E-state index contributed by atoms with van der Waals surface area (Å²) in [4.78, 5) is 48.9. The van der Waals surface area contributed by atoms with Crippen LogP contribution in [0.15, 0.2) is 95.7 Å². The van der Waals surface area contributed by atoms with Gasteiger partial charge in [0.25, 0.3) is 5.91 Å². The smallest absolute Gasteiger partial charge is 0.255 e. The van der Waals surface area contributed by atoms with E-state index in [-0.39, 0.29) is 45.9 Å². The van der Waals surface area contributed by atoms with Crippen LogP contribution in [0.4, 0.5) is 11.4 Å². The topological polar surface area (TPSA) is 161 Å². The van der Waals surface area contributed by atoms with Crippen molar-refractivity contribution in [1.82, 2.24) is 9.80 Å². The van der Waals surface area contributed by atoms with Gasteiger partial charge in [0.15, 0.2) is 34.3 Å². The van der Waals surface area contributed by atoms with E-state index in [9.17, 15) is 24.9 Å². The normalized spacial score (nSPS) is 29.0. The lowest BCUT2D eigenvalue weighted by Gasteiger charge is -2.38. The SMILES string of the molecule is COc1ccc(C2C3SCCN3C3(C(=O)Nc4ccc(Cl)cc43)C2/C(O)=C/C(=O)C2C3=CSCN3C3(C(=O)Nc4ccc(Cl)cc43)C2c2ccc(O)c(OC)c2)cc1O. The van der Waals surface area contributed by atoms with Gasteiger partial charge in [-0.2, -0.15) is 0 Å². The Hall–Kier alpha value is -4.99. The number of halogens is 2. The number of carbonyl (C=O) groups excluding carboxylic acids is 3. The fraction of sp³-hybridized carbons (Fsp3) is 0.279. The number of nitrogens with zero attached hydrogens (tertiary/aromatic N) is 2. The number of phenolic OH excluding ortho intramolecular Hbond substituents is 2. The van der Waals surface area contributed by atoms with E-state index in [4.69, 9.17) is 32.7 Å². The van der Waals surface area contributed by atoms with Gasteiger partial charge in [0, 0.05) is 68.5 Å². The Labute approximate surface area is 357 Å². The predicted octanol–water partition coefficient (Wildman–Crippen LogP) is 7.48. The molecular weight excluding hydrogens is 836 g/mol. The number of aromatic hydroxyl groups is 2. The lowest BCUT2D eigenvalue weighted by Crippen LogP contribution is -2.51. The number of amides is 2. The Balaban J connectivity index is 1.18. The third-order valence-corrected chi connectivity index (χ3v) is 15.4. The molecule has 0 saturated carbocycles. The molecule has 12 nitrogen and oxygen atoms in total. The zero-order valence-electron chi connectivity index (χ0n) is 31.4. The quantitative estimate of drug-likeness (QED) is 0.0922. The summed E-state index contributed by atoms with van der Waals surface area (Å²) in [5.74, 6) is -3.93. The molecule has 5 N–H and O–H groups in total. The molecule has 10 rings (SSSR count). The standard InChI is InChI=1S/C43H36Cl2N4O8S2/c1-56-33-10-4-20(13-30(33)51)35-38(43(48-11-12-59-39(35)48)25-16-23(45)6-8-27(25)47-41(43)55)32(53)17-31(52)36-28-18-58-19-49(28)42(24-15-22(44)5-7-26(24)46-40(42)54)37(36)21-3-9-29(50)34(14-21)57-2/h3-10,13-18,35-39,50-51,53H,11-12,19H2,1-2H3,(H,46,54)(H,47,55)/b32-17-. The molecule has 0 aliphatic carbocycles. The second-order valence-corrected chi connectivity index (χ2v) is 18.3. The van der Waals surface area contributed by atoms with E-state index >= 15 is 4.79 Å². The minimum absolute atomic E-state index is 0.109. The average Bonchev–Trinajstić information content (AvgIpc) is 4.06. The first-order chi connectivity index (χ1) is 28.4. The van der Waals surface area contributed by atoms with Crippen LogP contribution in [-0.4, -0.2) is 80.5 Å².